The Morgan fingerprint density at radius 1 is 0.283 bits per heavy atom. The van der Waals surface area contributed by atoms with Crippen molar-refractivity contribution >= 4 is 37.2 Å². The molecule has 0 heterocycles. The molecule has 0 aliphatic rings. The smallest absolute Gasteiger partial charge is 0.200 e. The van der Waals surface area contributed by atoms with Crippen LogP contribution >= 0.6 is 9.24 Å². The maximum absolute atomic E-state index is 15.4. The van der Waals surface area contributed by atoms with Crippen molar-refractivity contribution < 1.29 is 87.8 Å². The predicted molar refractivity (Wildman–Crippen MR) is 150 cm³/mol. The van der Waals surface area contributed by atoms with Crippen LogP contribution in [0.15, 0.2) is 30.3 Å². The minimum atomic E-state index is -7.22. The van der Waals surface area contributed by atoms with Gasteiger partial charge >= 0.3 is 0 Å². The molecule has 1 unspecified atom stereocenters. The van der Waals surface area contributed by atoms with E-state index in [1.165, 1.54) is 11.7 Å². The van der Waals surface area contributed by atoms with Gasteiger partial charge in [-0.3, -0.25) is 0 Å². The summed E-state index contributed by atoms with van der Waals surface area (Å²) in [4.78, 5) is 0. The van der Waals surface area contributed by atoms with Gasteiger partial charge in [-0.15, -0.1) is 21.9 Å². The van der Waals surface area contributed by atoms with E-state index < -0.39 is 144 Å². The molecule has 0 aliphatic heterocycles. The molecule has 0 saturated heterocycles. The summed E-state index contributed by atoms with van der Waals surface area (Å²) in [5, 5.41) is 0. The second-order valence-corrected chi connectivity index (χ2v) is 11.0. The molecule has 0 amide bonds. The highest BCUT2D eigenvalue weighted by Gasteiger charge is 2.52. The van der Waals surface area contributed by atoms with E-state index >= 15 is 35.1 Å². The van der Waals surface area contributed by atoms with E-state index in [-0.39, 0.29) is 0 Å². The highest BCUT2D eigenvalue weighted by Crippen LogP contribution is 2.30. The van der Waals surface area contributed by atoms with Crippen LogP contribution in [0.4, 0.5) is 87.8 Å². The monoisotopic (exact) mass is 804 g/mol. The molecular formula is C31H10BF20P. The average Bonchev–Trinajstić information content (AvgIpc) is 3.15. The van der Waals surface area contributed by atoms with Gasteiger partial charge < -0.3 is 0 Å². The number of hydrogen-bond acceptors (Lipinski definition) is 0. The van der Waals surface area contributed by atoms with Gasteiger partial charge in [0, 0.05) is 0 Å². The van der Waals surface area contributed by atoms with Crippen LogP contribution in [0.25, 0.3) is 0 Å². The SMILES string of the molecule is Fc1c(F)c(F)c([B-](c2c(F)c(F)c(F)c(F)c2F)(c2c(F)c(F)c(F)c(F)c2F)c2c(F)c(F)c(F)c(F)c2F)c(F)c1F.[PH3+]Cc1ccccc1. The van der Waals surface area contributed by atoms with Gasteiger partial charge in [0.15, 0.2) is 69.8 Å². The van der Waals surface area contributed by atoms with Crippen molar-refractivity contribution in [3.05, 3.63) is 152 Å². The molecule has 282 valence electrons. The normalized spacial score (nSPS) is 11.6. The molecular weight excluding hydrogens is 794 g/mol. The Morgan fingerprint density at radius 2 is 0.453 bits per heavy atom. The Labute approximate surface area is 283 Å². The molecule has 5 rings (SSSR count). The lowest BCUT2D eigenvalue weighted by Gasteiger charge is -2.44. The maximum Gasteiger partial charge on any atom is 0.200 e. The van der Waals surface area contributed by atoms with Crippen LogP contribution < -0.4 is 21.9 Å². The molecule has 53 heavy (non-hydrogen) atoms. The second kappa shape index (κ2) is 14.9. The molecule has 0 nitrogen and oxygen atoms in total. The van der Waals surface area contributed by atoms with Crippen molar-refractivity contribution in [3.63, 3.8) is 0 Å². The van der Waals surface area contributed by atoms with E-state index in [1.807, 2.05) is 15.3 Å². The fourth-order valence-electron chi connectivity index (χ4n) is 5.52. The van der Waals surface area contributed by atoms with Gasteiger partial charge in [-0.2, -0.15) is 0 Å². The average molecular weight is 804 g/mol. The second-order valence-electron chi connectivity index (χ2n) is 10.5. The van der Waals surface area contributed by atoms with Crippen molar-refractivity contribution in [2.45, 2.75) is 6.16 Å². The maximum atomic E-state index is 15.4. The van der Waals surface area contributed by atoms with E-state index in [2.05, 4.69) is 24.3 Å². The van der Waals surface area contributed by atoms with E-state index in [0.717, 1.165) is 0 Å². The summed E-state index contributed by atoms with van der Waals surface area (Å²) in [5.74, 6) is -71.4. The van der Waals surface area contributed by atoms with E-state index in [9.17, 15) is 52.7 Å². The molecule has 22 heteroatoms. The number of halogens is 20. The topological polar surface area (TPSA) is 0 Å². The van der Waals surface area contributed by atoms with Crippen LogP contribution in [-0.2, 0) is 6.16 Å². The van der Waals surface area contributed by atoms with Gasteiger partial charge in [0.05, 0.1) is 6.16 Å². The lowest BCUT2D eigenvalue weighted by atomic mass is 9.12. The molecule has 5 aromatic rings. The van der Waals surface area contributed by atoms with Crippen molar-refractivity contribution in [1.82, 2.24) is 0 Å². The first-order valence-corrected chi connectivity index (χ1v) is 14.7. The van der Waals surface area contributed by atoms with E-state index in [4.69, 9.17) is 0 Å². The molecule has 0 radical (unpaired) electrons. The molecule has 1 atom stereocenters. The Balaban J connectivity index is 0.000000692. The summed E-state index contributed by atoms with van der Waals surface area (Å²) < 4.78 is 294. The van der Waals surface area contributed by atoms with Crippen molar-refractivity contribution in [2.75, 3.05) is 0 Å². The molecule has 0 fully saturated rings. The predicted octanol–water partition coefficient (Wildman–Crippen LogP) is 7.64. The van der Waals surface area contributed by atoms with Gasteiger partial charge in [-0.1, -0.05) is 30.3 Å². The molecule has 0 saturated carbocycles. The van der Waals surface area contributed by atoms with Gasteiger partial charge in [0.25, 0.3) is 0 Å². The zero-order chi connectivity index (χ0) is 40.2. The standard InChI is InChI=1S/C24BF20.C7H9P/c26-5-1(6(27)14(35)21(42)13(5)34)25(2-7(28)15(36)22(43)16(37)8(2)29,3-9(30)17(38)23(44)18(39)10(3)31)4-11(32)19(40)24(45)20(41)12(4)33;8-6-7-4-2-1-3-5-7/h;1-5H,6,8H2/q-1;/p+1. The largest absolute Gasteiger partial charge is 0.207 e. The van der Waals surface area contributed by atoms with Crippen molar-refractivity contribution in [1.29, 1.82) is 0 Å². The quantitative estimate of drug-likeness (QED) is 0.0564. The summed E-state index contributed by atoms with van der Waals surface area (Å²) in [6, 6.07) is 10.5. The number of hydrogen-bond donors (Lipinski definition) is 0. The summed E-state index contributed by atoms with van der Waals surface area (Å²) >= 11 is 0. The minimum absolute atomic E-state index is 1.17. The molecule has 5 aromatic carbocycles. The molecule has 0 N–H and O–H groups in total. The van der Waals surface area contributed by atoms with Gasteiger partial charge in [0.2, 0.25) is 0 Å². The van der Waals surface area contributed by atoms with Crippen LogP contribution in [0.2, 0.25) is 0 Å². The molecule has 0 spiro atoms. The van der Waals surface area contributed by atoms with Crippen molar-refractivity contribution in [3.8, 4) is 0 Å². The summed E-state index contributed by atoms with van der Waals surface area (Å²) in [7, 11) is 1.98. The number of benzene rings is 5. The van der Waals surface area contributed by atoms with Crippen molar-refractivity contribution in [2.24, 2.45) is 0 Å². The van der Waals surface area contributed by atoms with Gasteiger partial charge in [-0.25, -0.2) is 87.8 Å². The summed E-state index contributed by atoms with van der Waals surface area (Å²) in [5.41, 5.74) is -12.9. The Kier molecular flexibility index (Phi) is 11.5. The summed E-state index contributed by atoms with van der Waals surface area (Å²) in [6.45, 7) is 0. The fourth-order valence-corrected chi connectivity index (χ4v) is 5.85. The summed E-state index contributed by atoms with van der Waals surface area (Å²) in [6.07, 6.45) is -6.05. The van der Waals surface area contributed by atoms with Crippen LogP contribution in [0, 0.1) is 116 Å². The van der Waals surface area contributed by atoms with Gasteiger partial charge in [0.1, 0.15) is 52.7 Å². The Bertz CT molecular complexity index is 1900. The fraction of sp³-hybridized carbons (Fsp3) is 0.0323. The highest BCUT2D eigenvalue weighted by atomic mass is 31.0. The first-order valence-electron chi connectivity index (χ1n) is 13.7. The number of rotatable bonds is 5. The lowest BCUT2D eigenvalue weighted by molar-refractivity contribution is 0.378. The third-order valence-electron chi connectivity index (χ3n) is 7.84. The first-order chi connectivity index (χ1) is 24.6. The minimum Gasteiger partial charge on any atom is -0.207 e. The first kappa shape index (κ1) is 41.0. The third kappa shape index (κ3) is 6.15. The van der Waals surface area contributed by atoms with Crippen LogP contribution in [-0.4, -0.2) is 6.15 Å². The molecule has 0 bridgehead atoms. The molecule has 0 aliphatic carbocycles. The van der Waals surface area contributed by atoms with Crippen LogP contribution in [0.3, 0.4) is 0 Å². The Morgan fingerprint density at radius 3 is 0.604 bits per heavy atom. The highest BCUT2D eigenvalue weighted by molar-refractivity contribution is 7.20. The Hall–Kier alpha value is -4.81. The van der Waals surface area contributed by atoms with Gasteiger partial charge in [-0.05, 0) is 14.8 Å². The zero-order valence-corrected chi connectivity index (χ0v) is 26.4. The molecule has 0 aromatic heterocycles. The third-order valence-corrected chi connectivity index (χ3v) is 8.42. The van der Waals surface area contributed by atoms with E-state index in [0.29, 0.717) is 0 Å². The lowest BCUT2D eigenvalue weighted by Crippen LogP contribution is -2.81. The zero-order valence-electron chi connectivity index (χ0n) is 24.9. The van der Waals surface area contributed by atoms with Crippen LogP contribution in [0.1, 0.15) is 5.56 Å². The van der Waals surface area contributed by atoms with E-state index in [1.54, 1.807) is 0 Å². The van der Waals surface area contributed by atoms with Crippen LogP contribution in [0.5, 0.6) is 0 Å².